The van der Waals surface area contributed by atoms with Crippen molar-refractivity contribution in [3.05, 3.63) is 90.5 Å². The van der Waals surface area contributed by atoms with E-state index in [2.05, 4.69) is 13.2 Å². The molecule has 1 N–H and O–H groups in total. The predicted molar refractivity (Wildman–Crippen MR) is 196 cm³/mol. The van der Waals surface area contributed by atoms with Crippen molar-refractivity contribution in [3.63, 3.8) is 0 Å². The number of hydrogen-bond acceptors (Lipinski definition) is 7. The monoisotopic (exact) mass is 699 g/mol. The number of aliphatic hydroxyl groups is 1. The Kier molecular flexibility index (Phi) is 12.2. The fourth-order valence-corrected chi connectivity index (χ4v) is 8.23. The molecule has 3 aliphatic heterocycles. The maximum Gasteiger partial charge on any atom is 0.313 e. The van der Waals surface area contributed by atoms with Gasteiger partial charge in [0, 0.05) is 38.9 Å². The minimum Gasteiger partial charge on any atom is -0.455 e. The largest absolute Gasteiger partial charge is 0.455 e. The number of amides is 3. The third kappa shape index (κ3) is 7.39. The van der Waals surface area contributed by atoms with Gasteiger partial charge in [-0.25, -0.2) is 0 Å². The van der Waals surface area contributed by atoms with Crippen LogP contribution in [0.15, 0.2) is 73.8 Å². The maximum atomic E-state index is 14.9. The number of rotatable bonds is 17. The first-order valence-corrected chi connectivity index (χ1v) is 18.2. The molecule has 51 heavy (non-hydrogen) atoms. The highest BCUT2D eigenvalue weighted by molar-refractivity contribution is 6.05. The van der Waals surface area contributed by atoms with Gasteiger partial charge in [0.25, 0.3) is 5.91 Å². The van der Waals surface area contributed by atoms with E-state index in [9.17, 15) is 24.3 Å². The summed E-state index contributed by atoms with van der Waals surface area (Å²) in [4.78, 5) is 61.9. The zero-order valence-corrected chi connectivity index (χ0v) is 30.5. The van der Waals surface area contributed by atoms with Crippen molar-refractivity contribution in [1.29, 1.82) is 0 Å². The number of carbonyl (C=O) groups is 4. The van der Waals surface area contributed by atoms with Crippen LogP contribution in [0.25, 0.3) is 0 Å². The third-order valence-corrected chi connectivity index (χ3v) is 11.0. The number of ether oxygens (including phenoxy) is 2. The fraction of sp³-hybridized carbons (Fsp3) is 0.512. The molecule has 3 heterocycles. The summed E-state index contributed by atoms with van der Waals surface area (Å²) in [7, 11) is 1.70. The van der Waals surface area contributed by atoms with Gasteiger partial charge < -0.3 is 29.3 Å². The Morgan fingerprint density at radius 1 is 1.10 bits per heavy atom. The molecular weight excluding hydrogens is 646 g/mol. The molecule has 7 atom stereocenters. The van der Waals surface area contributed by atoms with E-state index in [0.29, 0.717) is 45.1 Å². The number of unbranched alkanes of at least 4 members (excludes halogenated alkanes) is 2. The summed E-state index contributed by atoms with van der Waals surface area (Å²) in [5.74, 6) is -3.05. The van der Waals surface area contributed by atoms with Gasteiger partial charge in [-0.15, -0.1) is 13.2 Å². The van der Waals surface area contributed by atoms with E-state index in [1.165, 1.54) is 0 Å². The zero-order valence-electron chi connectivity index (χ0n) is 30.5. The minimum atomic E-state index is -1.21. The van der Waals surface area contributed by atoms with Crippen LogP contribution in [0, 0.1) is 25.7 Å². The maximum absolute atomic E-state index is 14.9. The highest BCUT2D eigenvalue weighted by atomic mass is 16.6. The molecule has 1 spiro atoms. The van der Waals surface area contributed by atoms with Crippen molar-refractivity contribution in [2.75, 3.05) is 31.6 Å². The van der Waals surface area contributed by atoms with Crippen LogP contribution >= 0.6 is 0 Å². The van der Waals surface area contributed by atoms with Crippen LogP contribution in [-0.4, -0.2) is 89.1 Å². The number of likely N-dealkylation sites (tertiary alicyclic amines) is 1. The van der Waals surface area contributed by atoms with Crippen molar-refractivity contribution in [1.82, 2.24) is 9.80 Å². The molecule has 10 nitrogen and oxygen atoms in total. The number of allylic oxidation sites excluding steroid dienone is 1. The Balaban J connectivity index is 1.50. The van der Waals surface area contributed by atoms with Crippen molar-refractivity contribution >= 4 is 29.4 Å². The topological polar surface area (TPSA) is 117 Å². The summed E-state index contributed by atoms with van der Waals surface area (Å²) in [6.07, 6.45) is 5.59. The Morgan fingerprint density at radius 3 is 2.53 bits per heavy atom. The van der Waals surface area contributed by atoms with E-state index in [1.54, 1.807) is 33.9 Å². The van der Waals surface area contributed by atoms with Crippen LogP contribution in [0.1, 0.15) is 74.7 Å². The Hall–Kier alpha value is -4.28. The number of nitrogens with zero attached hydrogens (tertiary/aromatic N) is 3. The molecule has 2 aromatic carbocycles. The number of aliphatic hydroxyl groups excluding tert-OH is 1. The molecule has 3 amide bonds. The number of benzene rings is 2. The number of carbonyl (C=O) groups excluding carboxylic acids is 4. The number of likely N-dealkylation sites (N-methyl/N-ethyl adjacent to an activating group) is 1. The second-order valence-corrected chi connectivity index (χ2v) is 14.2. The van der Waals surface area contributed by atoms with Gasteiger partial charge in [-0.1, -0.05) is 54.6 Å². The van der Waals surface area contributed by atoms with Gasteiger partial charge in [0.1, 0.15) is 17.7 Å². The van der Waals surface area contributed by atoms with Gasteiger partial charge in [-0.3, -0.25) is 19.2 Å². The predicted octanol–water partition coefficient (Wildman–Crippen LogP) is 5.46. The molecule has 3 saturated heterocycles. The number of fused-ring (bicyclic) bond motifs is 1. The molecule has 0 aromatic heterocycles. The zero-order chi connectivity index (χ0) is 36.9. The molecule has 5 rings (SSSR count). The van der Waals surface area contributed by atoms with Crippen molar-refractivity contribution < 1.29 is 33.8 Å². The molecule has 10 heteroatoms. The number of esters is 1. The lowest BCUT2D eigenvalue weighted by Gasteiger charge is -2.37. The van der Waals surface area contributed by atoms with Crippen LogP contribution in [-0.2, 0) is 28.7 Å². The first-order chi connectivity index (χ1) is 24.5. The molecule has 0 radical (unpaired) electrons. The van der Waals surface area contributed by atoms with Crippen LogP contribution in [0.3, 0.4) is 0 Å². The summed E-state index contributed by atoms with van der Waals surface area (Å²) in [6, 6.07) is 13.8. The molecule has 3 aliphatic rings. The van der Waals surface area contributed by atoms with Gasteiger partial charge in [-0.2, -0.15) is 0 Å². The number of hydrogen-bond donors (Lipinski definition) is 1. The Bertz CT molecular complexity index is 1610. The lowest BCUT2D eigenvalue weighted by atomic mass is 9.70. The first-order valence-electron chi connectivity index (χ1n) is 18.2. The SMILES string of the molecule is C=CCCC(=O)N(C)[C@@H](C)[C@@H](OC(=O)[C@@H]1[C@@H]2CC[C@]3(O2)[C@H](C(=O)N(CC=C)c2cc(C)ccc2C)N(CCCCCO)C(=O)[C@@H]13)c1ccccc1. The van der Waals surface area contributed by atoms with Gasteiger partial charge in [0.2, 0.25) is 11.8 Å². The lowest BCUT2D eigenvalue weighted by molar-refractivity contribution is -0.164. The van der Waals surface area contributed by atoms with Crippen molar-refractivity contribution in [2.24, 2.45) is 11.8 Å². The van der Waals surface area contributed by atoms with Crippen LogP contribution < -0.4 is 4.90 Å². The number of anilines is 1. The Morgan fingerprint density at radius 2 is 1.84 bits per heavy atom. The summed E-state index contributed by atoms with van der Waals surface area (Å²) >= 11 is 0. The molecular formula is C41H53N3O7. The van der Waals surface area contributed by atoms with Gasteiger partial charge >= 0.3 is 5.97 Å². The molecule has 274 valence electrons. The number of aryl methyl sites for hydroxylation is 2. The van der Waals surface area contributed by atoms with Gasteiger partial charge in [-0.05, 0) is 82.1 Å². The molecule has 3 fully saturated rings. The van der Waals surface area contributed by atoms with E-state index >= 15 is 0 Å². The second kappa shape index (κ2) is 16.4. The molecule has 2 bridgehead atoms. The average Bonchev–Trinajstić information content (AvgIpc) is 3.78. The van der Waals surface area contributed by atoms with Crippen LogP contribution in [0.4, 0.5) is 5.69 Å². The third-order valence-electron chi connectivity index (χ3n) is 11.0. The standard InChI is InChI=1S/C41H53N3O7/c1-7-9-18-33(46)42(6)29(5)36(30-16-12-10-13-17-30)50-40(49)34-32-21-22-41(51-32)35(34)38(47)44(24-14-11-15-25-45)37(41)39(48)43(23-8-2)31-26-27(3)19-20-28(31)4/h7-8,10,12-13,16-17,19-20,26,29,32,34-37,45H,1-2,9,11,14-15,18,21-25H2,3-6H3/t29-,32-,34+,35+,36+,37-,41+/m0/s1. The quantitative estimate of drug-likeness (QED) is 0.133. The highest BCUT2D eigenvalue weighted by Gasteiger charge is 2.75. The highest BCUT2D eigenvalue weighted by Crippen LogP contribution is 2.59. The summed E-state index contributed by atoms with van der Waals surface area (Å²) in [5, 5.41) is 9.42. The van der Waals surface area contributed by atoms with Crippen molar-refractivity contribution in [3.8, 4) is 0 Å². The summed E-state index contributed by atoms with van der Waals surface area (Å²) in [6.45, 7) is 14.0. The van der Waals surface area contributed by atoms with Gasteiger partial charge in [0.05, 0.1) is 24.0 Å². The normalized spacial score (nSPS) is 24.5. The smallest absolute Gasteiger partial charge is 0.313 e. The fourth-order valence-electron chi connectivity index (χ4n) is 8.23. The van der Waals surface area contributed by atoms with E-state index in [0.717, 1.165) is 22.4 Å². The van der Waals surface area contributed by atoms with E-state index in [4.69, 9.17) is 9.47 Å². The van der Waals surface area contributed by atoms with Gasteiger partial charge in [0.15, 0.2) is 0 Å². The molecule has 0 aliphatic carbocycles. The molecule has 0 saturated carbocycles. The van der Waals surface area contributed by atoms with Crippen LogP contribution in [0.2, 0.25) is 0 Å². The first kappa shape index (κ1) is 38.0. The minimum absolute atomic E-state index is 0.0391. The summed E-state index contributed by atoms with van der Waals surface area (Å²) < 4.78 is 13.1. The summed E-state index contributed by atoms with van der Waals surface area (Å²) in [5.41, 5.74) is 2.17. The second-order valence-electron chi connectivity index (χ2n) is 14.2. The lowest BCUT2D eigenvalue weighted by Crippen LogP contribution is -2.56. The van der Waals surface area contributed by atoms with E-state index in [-0.39, 0.29) is 37.3 Å². The molecule has 2 aromatic rings. The van der Waals surface area contributed by atoms with Crippen LogP contribution in [0.5, 0.6) is 0 Å². The Labute approximate surface area is 302 Å². The van der Waals surface area contributed by atoms with E-state index < -0.39 is 47.7 Å². The van der Waals surface area contributed by atoms with Crippen molar-refractivity contribution in [2.45, 2.75) is 95.6 Å². The average molecular weight is 700 g/mol. The van der Waals surface area contributed by atoms with E-state index in [1.807, 2.05) is 69.3 Å². The molecule has 0 unspecified atom stereocenters.